The van der Waals surface area contributed by atoms with E-state index in [1.54, 1.807) is 0 Å². The highest BCUT2D eigenvalue weighted by Crippen LogP contribution is 1.93. The average molecular weight is 275 g/mol. The van der Waals surface area contributed by atoms with Crippen molar-refractivity contribution in [2.75, 3.05) is 26.2 Å². The highest BCUT2D eigenvalue weighted by atomic mass is 16.4. The van der Waals surface area contributed by atoms with Gasteiger partial charge in [0.15, 0.2) is 6.04 Å². The number of carboxylic acids is 1. The lowest BCUT2D eigenvalue weighted by Gasteiger charge is -2.21. The molecule has 0 spiro atoms. The number of carbonyl (C=O) groups is 2. The van der Waals surface area contributed by atoms with Crippen LogP contribution >= 0.6 is 0 Å². The van der Waals surface area contributed by atoms with Crippen LogP contribution in [0.1, 0.15) is 27.2 Å². The Hall–Kier alpha value is -1.34. The third-order valence-electron chi connectivity index (χ3n) is 2.74. The van der Waals surface area contributed by atoms with Gasteiger partial charge in [0.1, 0.15) is 0 Å². The van der Waals surface area contributed by atoms with Gasteiger partial charge >= 0.3 is 12.0 Å². The number of nitrogens with zero attached hydrogens (tertiary/aromatic N) is 1. The Bertz CT molecular complexity index is 284. The smallest absolute Gasteiger partial charge is 0.328 e. The molecule has 2 amide bonds. The highest BCUT2D eigenvalue weighted by molar-refractivity contribution is 5.82. The zero-order chi connectivity index (χ0) is 14.8. The molecule has 0 unspecified atom stereocenters. The maximum atomic E-state index is 11.5. The fourth-order valence-corrected chi connectivity index (χ4v) is 1.65. The zero-order valence-corrected chi connectivity index (χ0v) is 11.8. The molecular formula is C12H25N3O4. The molecule has 0 aromatic heterocycles. The van der Waals surface area contributed by atoms with Crippen molar-refractivity contribution < 1.29 is 19.8 Å². The molecule has 0 radical (unpaired) electrons. The summed E-state index contributed by atoms with van der Waals surface area (Å²) in [6.45, 7) is 8.47. The van der Waals surface area contributed by atoms with Crippen molar-refractivity contribution >= 4 is 12.0 Å². The molecule has 0 aliphatic heterocycles. The fraction of sp³-hybridized carbons (Fsp3) is 0.833. The summed E-state index contributed by atoms with van der Waals surface area (Å²) in [5, 5.41) is 22.8. The Morgan fingerprint density at radius 2 is 1.89 bits per heavy atom. The first-order valence-electron chi connectivity index (χ1n) is 6.59. The van der Waals surface area contributed by atoms with Gasteiger partial charge in [-0.15, -0.1) is 0 Å². The topological polar surface area (TPSA) is 102 Å². The van der Waals surface area contributed by atoms with E-state index in [0.717, 1.165) is 19.5 Å². The van der Waals surface area contributed by atoms with Crippen molar-refractivity contribution in [2.45, 2.75) is 39.3 Å². The number of hydrogen-bond donors (Lipinski definition) is 4. The standard InChI is InChI=1S/C12H25N3O4/c1-4-7-15(5-2)8-6-13-12(19)14-10(9(3)16)11(17)18/h9-10,16H,4-8H2,1-3H3,(H,17,18)(H2,13,14,19)/t9-,10+/m1/s1. The van der Waals surface area contributed by atoms with Crippen LogP contribution < -0.4 is 10.6 Å². The minimum absolute atomic E-state index is 0.436. The molecule has 2 atom stereocenters. The molecule has 112 valence electrons. The van der Waals surface area contributed by atoms with E-state index in [4.69, 9.17) is 5.11 Å². The molecule has 19 heavy (non-hydrogen) atoms. The van der Waals surface area contributed by atoms with Gasteiger partial charge < -0.3 is 25.7 Å². The molecule has 0 aromatic carbocycles. The summed E-state index contributed by atoms with van der Waals surface area (Å²) in [6, 6.07) is -1.88. The second-order valence-electron chi connectivity index (χ2n) is 4.39. The summed E-state index contributed by atoms with van der Waals surface area (Å²) in [5.74, 6) is -1.26. The van der Waals surface area contributed by atoms with E-state index >= 15 is 0 Å². The number of amides is 2. The van der Waals surface area contributed by atoms with Gasteiger partial charge in [0.25, 0.3) is 0 Å². The van der Waals surface area contributed by atoms with E-state index in [-0.39, 0.29) is 0 Å². The number of aliphatic hydroxyl groups excluding tert-OH is 1. The number of rotatable bonds is 9. The van der Waals surface area contributed by atoms with Crippen molar-refractivity contribution in [1.29, 1.82) is 0 Å². The van der Waals surface area contributed by atoms with E-state index in [1.807, 2.05) is 6.92 Å². The van der Waals surface area contributed by atoms with Gasteiger partial charge in [-0.25, -0.2) is 9.59 Å². The number of nitrogens with one attached hydrogen (secondary N) is 2. The lowest BCUT2D eigenvalue weighted by molar-refractivity contribution is -0.141. The maximum absolute atomic E-state index is 11.5. The molecule has 0 aliphatic carbocycles. The van der Waals surface area contributed by atoms with E-state index in [0.29, 0.717) is 13.1 Å². The first-order chi connectivity index (χ1) is 8.92. The number of aliphatic hydroxyl groups is 1. The Kier molecular flexibility index (Phi) is 8.90. The third-order valence-corrected chi connectivity index (χ3v) is 2.74. The van der Waals surface area contributed by atoms with Crippen LogP contribution in [0.3, 0.4) is 0 Å². The molecule has 4 N–H and O–H groups in total. The van der Waals surface area contributed by atoms with Crippen molar-refractivity contribution in [2.24, 2.45) is 0 Å². The molecule has 7 nitrogen and oxygen atoms in total. The monoisotopic (exact) mass is 275 g/mol. The van der Waals surface area contributed by atoms with Crippen molar-refractivity contribution in [3.05, 3.63) is 0 Å². The molecule has 0 saturated heterocycles. The van der Waals surface area contributed by atoms with Gasteiger partial charge in [0, 0.05) is 13.1 Å². The van der Waals surface area contributed by atoms with E-state index in [9.17, 15) is 14.7 Å². The predicted molar refractivity (Wildman–Crippen MR) is 72.0 cm³/mol. The van der Waals surface area contributed by atoms with Crippen LogP contribution in [-0.2, 0) is 4.79 Å². The SMILES string of the molecule is CCCN(CC)CCNC(=O)N[C@H](C(=O)O)[C@@H](C)O. The van der Waals surface area contributed by atoms with Crippen molar-refractivity contribution in [3.63, 3.8) is 0 Å². The van der Waals surface area contributed by atoms with Crippen LogP contribution in [-0.4, -0.2) is 65.4 Å². The predicted octanol–water partition coefficient (Wildman–Crippen LogP) is -0.148. The number of carboxylic acid groups (broad SMARTS) is 1. The molecule has 0 aromatic rings. The van der Waals surface area contributed by atoms with Gasteiger partial charge in [-0.2, -0.15) is 0 Å². The number of urea groups is 1. The summed E-state index contributed by atoms with van der Waals surface area (Å²) in [4.78, 5) is 24.4. The molecule has 0 heterocycles. The zero-order valence-electron chi connectivity index (χ0n) is 11.8. The summed E-state index contributed by atoms with van der Waals surface area (Å²) in [7, 11) is 0. The van der Waals surface area contributed by atoms with Crippen LogP contribution in [0.25, 0.3) is 0 Å². The summed E-state index contributed by atoms with van der Waals surface area (Å²) >= 11 is 0. The lowest BCUT2D eigenvalue weighted by atomic mass is 10.2. The van der Waals surface area contributed by atoms with Crippen LogP contribution in [0.5, 0.6) is 0 Å². The second-order valence-corrected chi connectivity index (χ2v) is 4.39. The first-order valence-corrected chi connectivity index (χ1v) is 6.59. The van der Waals surface area contributed by atoms with Crippen molar-refractivity contribution in [3.8, 4) is 0 Å². The van der Waals surface area contributed by atoms with Crippen LogP contribution in [0.15, 0.2) is 0 Å². The molecule has 0 saturated carbocycles. The molecule has 7 heteroatoms. The average Bonchev–Trinajstić information content (AvgIpc) is 2.34. The Morgan fingerprint density at radius 1 is 1.26 bits per heavy atom. The summed E-state index contributed by atoms with van der Waals surface area (Å²) in [6.07, 6.45) is -0.0983. The van der Waals surface area contributed by atoms with E-state index < -0.39 is 24.1 Å². The Balaban J connectivity index is 4.01. The van der Waals surface area contributed by atoms with Gasteiger partial charge in [0.2, 0.25) is 0 Å². The number of likely N-dealkylation sites (N-methyl/N-ethyl adjacent to an activating group) is 1. The van der Waals surface area contributed by atoms with Crippen LogP contribution in [0.2, 0.25) is 0 Å². The maximum Gasteiger partial charge on any atom is 0.328 e. The van der Waals surface area contributed by atoms with E-state index in [2.05, 4.69) is 22.5 Å². The molecule has 0 aliphatic rings. The minimum Gasteiger partial charge on any atom is -0.480 e. The molecule has 0 rings (SSSR count). The highest BCUT2D eigenvalue weighted by Gasteiger charge is 2.24. The number of hydrogen-bond acceptors (Lipinski definition) is 4. The minimum atomic E-state index is -1.29. The Morgan fingerprint density at radius 3 is 2.32 bits per heavy atom. The Labute approximate surface area is 114 Å². The van der Waals surface area contributed by atoms with Crippen molar-refractivity contribution in [1.82, 2.24) is 15.5 Å². The number of carbonyl (C=O) groups excluding carboxylic acids is 1. The molecule has 0 fully saturated rings. The lowest BCUT2D eigenvalue weighted by Crippen LogP contribution is -2.52. The number of aliphatic carboxylic acids is 1. The third kappa shape index (κ3) is 7.63. The quantitative estimate of drug-likeness (QED) is 0.469. The fourth-order valence-electron chi connectivity index (χ4n) is 1.65. The van der Waals surface area contributed by atoms with Crippen LogP contribution in [0, 0.1) is 0 Å². The van der Waals surface area contributed by atoms with Crippen LogP contribution in [0.4, 0.5) is 4.79 Å². The molecular weight excluding hydrogens is 250 g/mol. The van der Waals surface area contributed by atoms with Gasteiger partial charge in [0.05, 0.1) is 6.10 Å². The molecule has 0 bridgehead atoms. The second kappa shape index (κ2) is 9.57. The van der Waals surface area contributed by atoms with Gasteiger partial charge in [-0.3, -0.25) is 0 Å². The summed E-state index contributed by atoms with van der Waals surface area (Å²) < 4.78 is 0. The first kappa shape index (κ1) is 17.7. The van der Waals surface area contributed by atoms with E-state index in [1.165, 1.54) is 6.92 Å². The van der Waals surface area contributed by atoms with Gasteiger partial charge in [-0.1, -0.05) is 13.8 Å². The largest absolute Gasteiger partial charge is 0.480 e. The van der Waals surface area contributed by atoms with Gasteiger partial charge in [-0.05, 0) is 26.4 Å². The summed E-state index contributed by atoms with van der Waals surface area (Å²) in [5.41, 5.74) is 0. The normalized spacial score (nSPS) is 13.9.